The van der Waals surface area contributed by atoms with Crippen molar-refractivity contribution in [1.29, 1.82) is 0 Å². The number of hydrogen-bond acceptors (Lipinski definition) is 4. The average molecular weight is 392 g/mol. The molecule has 0 atom stereocenters. The quantitative estimate of drug-likeness (QED) is 0.593. The van der Waals surface area contributed by atoms with Crippen LogP contribution in [0.1, 0.15) is 30.3 Å². The summed E-state index contributed by atoms with van der Waals surface area (Å²) >= 11 is 0. The first kappa shape index (κ1) is 19.5. The lowest BCUT2D eigenvalue weighted by molar-refractivity contribution is 0.233. The molecule has 29 heavy (non-hydrogen) atoms. The molecule has 5 heteroatoms. The molecule has 0 fully saturated rings. The second-order valence-electron chi connectivity index (χ2n) is 7.48. The van der Waals surface area contributed by atoms with Crippen LogP contribution in [0.2, 0.25) is 0 Å². The molecule has 0 N–H and O–H groups in total. The lowest BCUT2D eigenvalue weighted by atomic mass is 10.1. The van der Waals surface area contributed by atoms with E-state index in [0.717, 1.165) is 61.9 Å². The van der Waals surface area contributed by atoms with E-state index in [4.69, 9.17) is 14.5 Å². The van der Waals surface area contributed by atoms with Crippen LogP contribution in [0, 0.1) is 0 Å². The number of nitrogens with zero attached hydrogens (tertiary/aromatic N) is 3. The Labute approximate surface area is 172 Å². The van der Waals surface area contributed by atoms with Crippen molar-refractivity contribution in [3.8, 4) is 22.9 Å². The van der Waals surface area contributed by atoms with Gasteiger partial charge >= 0.3 is 0 Å². The predicted molar refractivity (Wildman–Crippen MR) is 115 cm³/mol. The molecule has 0 unspecified atom stereocenters. The molecule has 0 saturated heterocycles. The van der Waals surface area contributed by atoms with Gasteiger partial charge in [0.1, 0.15) is 17.3 Å². The highest BCUT2D eigenvalue weighted by Crippen LogP contribution is 2.30. The summed E-state index contributed by atoms with van der Waals surface area (Å²) in [6.45, 7) is 5.93. The van der Waals surface area contributed by atoms with Crippen molar-refractivity contribution in [3.05, 3.63) is 65.5 Å². The predicted octanol–water partition coefficient (Wildman–Crippen LogP) is 4.54. The van der Waals surface area contributed by atoms with Crippen molar-refractivity contribution < 1.29 is 9.47 Å². The summed E-state index contributed by atoms with van der Waals surface area (Å²) in [6, 6.07) is 16.5. The van der Waals surface area contributed by atoms with Gasteiger partial charge < -0.3 is 14.0 Å². The van der Waals surface area contributed by atoms with E-state index in [1.807, 2.05) is 12.1 Å². The largest absolute Gasteiger partial charge is 0.497 e. The zero-order chi connectivity index (χ0) is 20.2. The van der Waals surface area contributed by atoms with E-state index >= 15 is 0 Å². The molecule has 3 aromatic rings. The van der Waals surface area contributed by atoms with E-state index in [2.05, 4.69) is 52.8 Å². The molecule has 5 nitrogen and oxygen atoms in total. The Hall–Kier alpha value is -2.79. The topological polar surface area (TPSA) is 39.5 Å². The van der Waals surface area contributed by atoms with Crippen LogP contribution in [-0.2, 0) is 26.1 Å². The van der Waals surface area contributed by atoms with Gasteiger partial charge in [-0.15, -0.1) is 0 Å². The second kappa shape index (κ2) is 8.70. The number of hydrogen-bond donors (Lipinski definition) is 0. The smallest absolute Gasteiger partial charge is 0.140 e. The molecule has 1 aliphatic heterocycles. The van der Waals surface area contributed by atoms with Crippen molar-refractivity contribution in [2.75, 3.05) is 20.8 Å². The minimum Gasteiger partial charge on any atom is -0.497 e. The highest BCUT2D eigenvalue weighted by molar-refractivity contribution is 5.57. The molecule has 1 aromatic heterocycles. The van der Waals surface area contributed by atoms with Crippen molar-refractivity contribution in [2.24, 2.45) is 0 Å². The van der Waals surface area contributed by atoms with Crippen molar-refractivity contribution in [3.63, 3.8) is 0 Å². The van der Waals surface area contributed by atoms with Gasteiger partial charge in [-0.05, 0) is 24.6 Å². The van der Waals surface area contributed by atoms with Crippen molar-refractivity contribution in [2.45, 2.75) is 39.4 Å². The van der Waals surface area contributed by atoms with Gasteiger partial charge in [-0.3, -0.25) is 4.90 Å². The monoisotopic (exact) mass is 391 g/mol. The molecule has 0 aliphatic carbocycles. The van der Waals surface area contributed by atoms with Gasteiger partial charge in [-0.2, -0.15) is 0 Å². The molecule has 0 spiro atoms. The van der Waals surface area contributed by atoms with E-state index in [1.165, 1.54) is 17.0 Å². The first-order valence-electron chi connectivity index (χ1n) is 10.3. The van der Waals surface area contributed by atoms with E-state index in [9.17, 15) is 0 Å². The molecular formula is C24H29N3O2. The summed E-state index contributed by atoms with van der Waals surface area (Å²) in [5, 5.41) is 0. The number of ether oxygens (including phenoxy) is 2. The van der Waals surface area contributed by atoms with Gasteiger partial charge in [-0.1, -0.05) is 37.3 Å². The van der Waals surface area contributed by atoms with Gasteiger partial charge in [0, 0.05) is 43.7 Å². The van der Waals surface area contributed by atoms with Crippen molar-refractivity contribution in [1.82, 2.24) is 14.5 Å². The standard InChI is InChI=1S/C24H29N3O2/c1-4-13-27-22-17-26(16-19-15-20(28-2)10-11-23(19)29-3)14-12-21(22)25-24(27)18-8-6-5-7-9-18/h5-11,15H,4,12-14,16-17H2,1-3H3. The normalized spacial score (nSPS) is 13.9. The summed E-state index contributed by atoms with van der Waals surface area (Å²) in [5.74, 6) is 2.86. The average Bonchev–Trinajstić information content (AvgIpc) is 3.12. The van der Waals surface area contributed by atoms with Gasteiger partial charge in [0.2, 0.25) is 0 Å². The maximum Gasteiger partial charge on any atom is 0.140 e. The van der Waals surface area contributed by atoms with Gasteiger partial charge in [0.25, 0.3) is 0 Å². The van der Waals surface area contributed by atoms with Crippen molar-refractivity contribution >= 4 is 0 Å². The molecule has 0 radical (unpaired) electrons. The SMILES string of the molecule is CCCn1c(-c2ccccc2)nc2c1CN(Cc1cc(OC)ccc1OC)CC2. The Balaban J connectivity index is 1.62. The maximum atomic E-state index is 5.58. The third kappa shape index (κ3) is 4.01. The van der Waals surface area contributed by atoms with Crippen LogP contribution in [0.5, 0.6) is 11.5 Å². The van der Waals surface area contributed by atoms with Crippen LogP contribution in [-0.4, -0.2) is 35.2 Å². The van der Waals surface area contributed by atoms with Crippen LogP contribution in [0.15, 0.2) is 48.5 Å². The van der Waals surface area contributed by atoms with Crippen LogP contribution in [0.4, 0.5) is 0 Å². The molecule has 0 bridgehead atoms. The molecular weight excluding hydrogens is 362 g/mol. The maximum absolute atomic E-state index is 5.58. The van der Waals surface area contributed by atoms with Crippen LogP contribution < -0.4 is 9.47 Å². The van der Waals surface area contributed by atoms with E-state index in [0.29, 0.717) is 0 Å². The van der Waals surface area contributed by atoms with Gasteiger partial charge in [-0.25, -0.2) is 4.98 Å². The van der Waals surface area contributed by atoms with Crippen LogP contribution in [0.25, 0.3) is 11.4 Å². The van der Waals surface area contributed by atoms with Crippen LogP contribution >= 0.6 is 0 Å². The molecule has 4 rings (SSSR count). The number of imidazole rings is 1. The van der Waals surface area contributed by atoms with E-state index in [-0.39, 0.29) is 0 Å². The van der Waals surface area contributed by atoms with E-state index in [1.54, 1.807) is 14.2 Å². The molecule has 1 aliphatic rings. The lowest BCUT2D eigenvalue weighted by Gasteiger charge is -2.28. The molecule has 0 amide bonds. The molecule has 0 saturated carbocycles. The molecule has 152 valence electrons. The minimum atomic E-state index is 0.831. The zero-order valence-corrected chi connectivity index (χ0v) is 17.5. The molecule has 2 heterocycles. The Morgan fingerprint density at radius 2 is 1.86 bits per heavy atom. The van der Waals surface area contributed by atoms with Crippen LogP contribution in [0.3, 0.4) is 0 Å². The summed E-state index contributed by atoms with van der Waals surface area (Å²) in [6.07, 6.45) is 2.06. The Morgan fingerprint density at radius 3 is 2.59 bits per heavy atom. The Morgan fingerprint density at radius 1 is 1.03 bits per heavy atom. The first-order valence-corrected chi connectivity index (χ1v) is 10.3. The Bertz CT molecular complexity index is 966. The number of methoxy groups -OCH3 is 2. The van der Waals surface area contributed by atoms with Gasteiger partial charge in [0.05, 0.1) is 25.6 Å². The third-order valence-electron chi connectivity index (χ3n) is 5.55. The number of aromatic nitrogens is 2. The lowest BCUT2D eigenvalue weighted by Crippen LogP contribution is -2.31. The summed E-state index contributed by atoms with van der Waals surface area (Å²) < 4.78 is 13.4. The summed E-state index contributed by atoms with van der Waals surface area (Å²) in [4.78, 5) is 7.51. The highest BCUT2D eigenvalue weighted by atomic mass is 16.5. The fourth-order valence-corrected chi connectivity index (χ4v) is 4.12. The second-order valence-corrected chi connectivity index (χ2v) is 7.48. The fraction of sp³-hybridized carbons (Fsp3) is 0.375. The number of fused-ring (bicyclic) bond motifs is 1. The summed E-state index contributed by atoms with van der Waals surface area (Å²) in [7, 11) is 3.43. The minimum absolute atomic E-state index is 0.831. The number of benzene rings is 2. The highest BCUT2D eigenvalue weighted by Gasteiger charge is 2.25. The summed E-state index contributed by atoms with van der Waals surface area (Å²) in [5.41, 5.74) is 4.93. The fourth-order valence-electron chi connectivity index (χ4n) is 4.12. The molecule has 2 aromatic carbocycles. The van der Waals surface area contributed by atoms with Gasteiger partial charge in [0.15, 0.2) is 0 Å². The third-order valence-corrected chi connectivity index (χ3v) is 5.55. The zero-order valence-electron chi connectivity index (χ0n) is 17.5. The number of rotatable bonds is 7. The first-order chi connectivity index (χ1) is 14.2. The van der Waals surface area contributed by atoms with E-state index < -0.39 is 0 Å². The Kier molecular flexibility index (Phi) is 5.86.